The van der Waals surface area contributed by atoms with Gasteiger partial charge in [0.05, 0.1) is 30.2 Å². The molecule has 2 aromatic carbocycles. The van der Waals surface area contributed by atoms with Gasteiger partial charge in [-0.25, -0.2) is 9.97 Å². The van der Waals surface area contributed by atoms with E-state index in [2.05, 4.69) is 30.9 Å². The number of hydrogen-bond acceptors (Lipinski definition) is 10. The van der Waals surface area contributed by atoms with Gasteiger partial charge in [0.25, 0.3) is 0 Å². The van der Waals surface area contributed by atoms with Crippen molar-refractivity contribution in [2.45, 2.75) is 6.54 Å². The topological polar surface area (TPSA) is 154 Å². The molecule has 5 aromatic rings. The van der Waals surface area contributed by atoms with Gasteiger partial charge < -0.3 is 36.7 Å². The highest BCUT2D eigenvalue weighted by Gasteiger charge is 2.11. The lowest BCUT2D eigenvalue weighted by Crippen LogP contribution is -2.32. The summed E-state index contributed by atoms with van der Waals surface area (Å²) in [6.07, 6.45) is 1.71. The number of fused-ring (bicyclic) bond motifs is 3. The number of nitrogens with one attached hydrogen (secondary N) is 3. The fourth-order valence-corrected chi connectivity index (χ4v) is 4.43. The minimum atomic E-state index is 0.146. The summed E-state index contributed by atoms with van der Waals surface area (Å²) < 4.78 is 7.35. The van der Waals surface area contributed by atoms with Gasteiger partial charge >= 0.3 is 0 Å². The zero-order valence-electron chi connectivity index (χ0n) is 20.5. The molecule has 0 amide bonds. The molecular weight excluding hydrogens is 492 g/mol. The Morgan fingerprint density at radius 1 is 0.892 bits per heavy atom. The number of benzene rings is 2. The molecule has 11 nitrogen and oxygen atoms in total. The lowest BCUT2D eigenvalue weighted by molar-refractivity contribution is 0.415. The van der Waals surface area contributed by atoms with Crippen molar-refractivity contribution >= 4 is 62.0 Å². The van der Waals surface area contributed by atoms with E-state index in [1.54, 1.807) is 13.4 Å². The van der Waals surface area contributed by atoms with E-state index in [1.165, 1.54) is 0 Å². The maximum absolute atomic E-state index is 6.22. The van der Waals surface area contributed by atoms with Gasteiger partial charge in [-0.15, -0.1) is 0 Å². The molecule has 0 unspecified atom stereocenters. The number of methoxy groups -OCH3 is 1. The number of imidazole rings is 1. The number of nitrogens with two attached hydrogens (primary N) is 2. The van der Waals surface area contributed by atoms with Gasteiger partial charge in [-0.2, -0.15) is 9.97 Å². The number of pyridine rings is 1. The van der Waals surface area contributed by atoms with E-state index in [9.17, 15) is 0 Å². The molecule has 0 aliphatic carbocycles. The second kappa shape index (κ2) is 11.0. The highest BCUT2D eigenvalue weighted by molar-refractivity contribution is 6.31. The molecule has 0 saturated carbocycles. The van der Waals surface area contributed by atoms with Crippen molar-refractivity contribution in [2.75, 3.05) is 56.6 Å². The fraction of sp³-hybridized carbons (Fsp3) is 0.280. The van der Waals surface area contributed by atoms with Crippen LogP contribution in [0.25, 0.3) is 33.0 Å². The first-order chi connectivity index (χ1) is 18.0. The Balaban J connectivity index is 1.11. The highest BCUT2D eigenvalue weighted by atomic mass is 35.5. The lowest BCUT2D eigenvalue weighted by atomic mass is 10.1. The minimum Gasteiger partial charge on any atom is -0.497 e. The number of nitrogen functional groups attached to an aromatic ring is 2. The van der Waals surface area contributed by atoms with Crippen LogP contribution in [-0.2, 0) is 6.54 Å². The Morgan fingerprint density at radius 3 is 2.54 bits per heavy atom. The molecule has 3 heterocycles. The second-order valence-electron chi connectivity index (χ2n) is 8.54. The number of hydrogen-bond donors (Lipinski definition) is 5. The molecular formula is C25H29ClN10O. The molecule has 3 aromatic heterocycles. The second-order valence-corrected chi connectivity index (χ2v) is 8.97. The van der Waals surface area contributed by atoms with Gasteiger partial charge in [0.1, 0.15) is 11.3 Å². The first kappa shape index (κ1) is 24.8. The number of anilines is 3. The monoisotopic (exact) mass is 520 g/mol. The van der Waals surface area contributed by atoms with E-state index in [0.29, 0.717) is 28.5 Å². The number of halogens is 1. The van der Waals surface area contributed by atoms with Crippen LogP contribution in [0.4, 0.5) is 17.5 Å². The molecule has 0 bridgehead atoms. The van der Waals surface area contributed by atoms with Gasteiger partial charge in [-0.05, 0) is 36.4 Å². The van der Waals surface area contributed by atoms with Gasteiger partial charge in [-0.1, -0.05) is 11.6 Å². The van der Waals surface area contributed by atoms with Crippen LogP contribution in [0.1, 0.15) is 0 Å². The van der Waals surface area contributed by atoms with Crippen molar-refractivity contribution in [3.05, 3.63) is 47.7 Å². The molecule has 7 N–H and O–H groups in total. The largest absolute Gasteiger partial charge is 0.497 e. The Morgan fingerprint density at radius 2 is 1.70 bits per heavy atom. The third kappa shape index (κ3) is 5.43. The summed E-state index contributed by atoms with van der Waals surface area (Å²) in [6, 6.07) is 11.7. The van der Waals surface area contributed by atoms with Crippen molar-refractivity contribution < 1.29 is 4.74 Å². The van der Waals surface area contributed by atoms with E-state index in [0.717, 1.165) is 66.0 Å². The van der Waals surface area contributed by atoms with Crippen LogP contribution in [-0.4, -0.2) is 64.3 Å². The summed E-state index contributed by atoms with van der Waals surface area (Å²) >= 11 is 6.22. The predicted molar refractivity (Wildman–Crippen MR) is 149 cm³/mol. The summed E-state index contributed by atoms with van der Waals surface area (Å²) in [5.74, 6) is 1.23. The van der Waals surface area contributed by atoms with Crippen LogP contribution in [0.5, 0.6) is 5.75 Å². The summed E-state index contributed by atoms with van der Waals surface area (Å²) in [5.41, 5.74) is 15.6. The van der Waals surface area contributed by atoms with E-state index in [4.69, 9.17) is 32.8 Å². The number of rotatable bonds is 11. The first-order valence-electron chi connectivity index (χ1n) is 12.0. The van der Waals surface area contributed by atoms with Gasteiger partial charge in [-0.3, -0.25) is 0 Å². The van der Waals surface area contributed by atoms with E-state index in [1.807, 2.05) is 41.0 Å². The van der Waals surface area contributed by atoms with Gasteiger partial charge in [0, 0.05) is 55.1 Å². The quantitative estimate of drug-likeness (QED) is 0.130. The molecule has 192 valence electrons. The maximum atomic E-state index is 6.22. The van der Waals surface area contributed by atoms with Gasteiger partial charge in [0.15, 0.2) is 11.5 Å². The van der Waals surface area contributed by atoms with E-state index >= 15 is 0 Å². The standard InChI is InChI=1S/C25H29ClN10O/c1-37-16-3-5-19-18(13-16)21(17-4-2-15(26)12-20(17)33-19)31-9-8-29-6-7-30-10-11-36-14-32-22-23(27)34-25(28)35-24(22)36/h2-5,12-14,29-30H,6-11H2,1H3,(H,31,33)(H4,27,28,34,35). The summed E-state index contributed by atoms with van der Waals surface area (Å²) in [5, 5.41) is 13.2. The SMILES string of the molecule is COc1ccc2nc3cc(Cl)ccc3c(NCCNCCNCCn3cnc4c(N)nc(N)nc43)c2c1. The minimum absolute atomic E-state index is 0.146. The Hall–Kier alpha value is -3.93. The third-order valence-corrected chi connectivity index (χ3v) is 6.30. The zero-order valence-corrected chi connectivity index (χ0v) is 21.2. The van der Waals surface area contributed by atoms with Crippen LogP contribution >= 0.6 is 11.6 Å². The fourth-order valence-electron chi connectivity index (χ4n) is 4.26. The predicted octanol–water partition coefficient (Wildman–Crippen LogP) is 2.65. The number of aromatic nitrogens is 5. The Kier molecular flexibility index (Phi) is 7.35. The Bertz CT molecular complexity index is 1550. The molecule has 37 heavy (non-hydrogen) atoms. The molecule has 0 radical (unpaired) electrons. The number of nitrogens with zero attached hydrogens (tertiary/aromatic N) is 5. The average molecular weight is 521 g/mol. The Labute approximate surface area is 218 Å². The summed E-state index contributed by atoms with van der Waals surface area (Å²) in [7, 11) is 1.66. The molecule has 0 saturated heterocycles. The lowest BCUT2D eigenvalue weighted by Gasteiger charge is -2.15. The van der Waals surface area contributed by atoms with Crippen molar-refractivity contribution in [3.63, 3.8) is 0 Å². The van der Waals surface area contributed by atoms with Crippen molar-refractivity contribution in [1.82, 2.24) is 35.1 Å². The smallest absolute Gasteiger partial charge is 0.224 e. The third-order valence-electron chi connectivity index (χ3n) is 6.06. The molecule has 0 atom stereocenters. The number of ether oxygens (including phenoxy) is 1. The van der Waals surface area contributed by atoms with Crippen molar-refractivity contribution in [1.29, 1.82) is 0 Å². The molecule has 0 aliphatic rings. The van der Waals surface area contributed by atoms with Crippen LogP contribution in [0, 0.1) is 0 Å². The normalized spacial score (nSPS) is 11.5. The van der Waals surface area contributed by atoms with Crippen LogP contribution in [0.2, 0.25) is 5.02 Å². The summed E-state index contributed by atoms with van der Waals surface area (Å²) in [4.78, 5) is 17.2. The maximum Gasteiger partial charge on any atom is 0.224 e. The van der Waals surface area contributed by atoms with Gasteiger partial charge in [0.2, 0.25) is 5.95 Å². The first-order valence-corrected chi connectivity index (χ1v) is 12.4. The van der Waals surface area contributed by atoms with Crippen LogP contribution in [0.3, 0.4) is 0 Å². The van der Waals surface area contributed by atoms with Crippen molar-refractivity contribution in [2.24, 2.45) is 0 Å². The van der Waals surface area contributed by atoms with Crippen LogP contribution < -0.4 is 32.2 Å². The molecule has 0 aliphatic heterocycles. The molecule has 12 heteroatoms. The van der Waals surface area contributed by atoms with Crippen molar-refractivity contribution in [3.8, 4) is 5.75 Å². The average Bonchev–Trinajstić information content (AvgIpc) is 3.29. The van der Waals surface area contributed by atoms with E-state index < -0.39 is 0 Å². The molecule has 5 rings (SSSR count). The zero-order chi connectivity index (χ0) is 25.8. The molecule has 0 spiro atoms. The van der Waals surface area contributed by atoms with Crippen LogP contribution in [0.15, 0.2) is 42.7 Å². The molecule has 0 fully saturated rings. The summed E-state index contributed by atoms with van der Waals surface area (Å²) in [6.45, 7) is 4.65. The highest BCUT2D eigenvalue weighted by Crippen LogP contribution is 2.34. The van der Waals surface area contributed by atoms with E-state index in [-0.39, 0.29) is 5.95 Å².